The predicted octanol–water partition coefficient (Wildman–Crippen LogP) is 2.58. The van der Waals surface area contributed by atoms with Crippen LogP contribution >= 0.6 is 0 Å². The first-order valence-electron chi connectivity index (χ1n) is 9.12. The fraction of sp³-hybridized carbons (Fsp3) is 0.579. The molecule has 142 valence electrons. The summed E-state index contributed by atoms with van der Waals surface area (Å²) in [6.07, 6.45) is 4.68. The van der Waals surface area contributed by atoms with Crippen LogP contribution in [0.15, 0.2) is 28.8 Å². The normalized spacial score (nSPS) is 17.7. The molecule has 7 heteroatoms. The average molecular weight is 361 g/mol. The lowest BCUT2D eigenvalue weighted by Crippen LogP contribution is -2.48. The first kappa shape index (κ1) is 18.7. The summed E-state index contributed by atoms with van der Waals surface area (Å²) in [5, 5.41) is 17.9. The number of hydrogen-bond donors (Lipinski definition) is 2. The van der Waals surface area contributed by atoms with E-state index >= 15 is 0 Å². The molecule has 1 aliphatic rings. The quantitative estimate of drug-likeness (QED) is 0.747. The van der Waals surface area contributed by atoms with Gasteiger partial charge in [0.2, 0.25) is 5.89 Å². The largest absolute Gasteiger partial charge is 0.497 e. The maximum Gasteiger partial charge on any atom is 0.223 e. The molecule has 7 nitrogen and oxygen atoms in total. The van der Waals surface area contributed by atoms with Gasteiger partial charge in [0.25, 0.3) is 0 Å². The molecule has 1 aliphatic carbocycles. The average Bonchev–Trinajstić information content (AvgIpc) is 3.13. The molecule has 0 amide bonds. The number of methoxy groups -OCH3 is 1. The zero-order chi connectivity index (χ0) is 18.4. The smallest absolute Gasteiger partial charge is 0.223 e. The van der Waals surface area contributed by atoms with Crippen molar-refractivity contribution in [3.05, 3.63) is 36.0 Å². The third-order valence-corrected chi connectivity index (χ3v) is 4.84. The van der Waals surface area contributed by atoms with Crippen LogP contribution in [0.2, 0.25) is 0 Å². The minimum atomic E-state index is -0.635. The second-order valence-electron chi connectivity index (χ2n) is 6.80. The first-order chi connectivity index (χ1) is 12.6. The fourth-order valence-electron chi connectivity index (χ4n) is 3.36. The van der Waals surface area contributed by atoms with Crippen LogP contribution in [-0.2, 0) is 5.54 Å². The molecule has 1 aromatic heterocycles. The van der Waals surface area contributed by atoms with Crippen LogP contribution < -0.4 is 14.8 Å². The summed E-state index contributed by atoms with van der Waals surface area (Å²) in [4.78, 5) is 4.43. The van der Waals surface area contributed by atoms with E-state index in [1.807, 2.05) is 24.3 Å². The Kier molecular flexibility index (Phi) is 6.11. The molecule has 0 saturated heterocycles. The Hall–Kier alpha value is -2.12. The molecule has 0 radical (unpaired) electrons. The number of ether oxygens (including phenoxy) is 2. The third-order valence-electron chi connectivity index (χ3n) is 4.84. The molecule has 0 bridgehead atoms. The highest BCUT2D eigenvalue weighted by molar-refractivity contribution is 5.31. The van der Waals surface area contributed by atoms with Gasteiger partial charge in [-0.1, -0.05) is 24.4 Å². The van der Waals surface area contributed by atoms with Gasteiger partial charge in [-0.3, -0.25) is 0 Å². The van der Waals surface area contributed by atoms with E-state index in [2.05, 4.69) is 15.5 Å². The molecule has 2 N–H and O–H groups in total. The van der Waals surface area contributed by atoms with Gasteiger partial charge >= 0.3 is 0 Å². The molecule has 1 atom stereocenters. The van der Waals surface area contributed by atoms with E-state index in [4.69, 9.17) is 14.0 Å². The number of nitrogens with one attached hydrogen (secondary N) is 1. The lowest BCUT2D eigenvalue weighted by molar-refractivity contribution is 0.0879. The van der Waals surface area contributed by atoms with Crippen molar-refractivity contribution in [2.24, 2.45) is 0 Å². The Labute approximate surface area is 153 Å². The highest BCUT2D eigenvalue weighted by Gasteiger charge is 2.38. The monoisotopic (exact) mass is 361 g/mol. The summed E-state index contributed by atoms with van der Waals surface area (Å²) >= 11 is 0. The molecular formula is C19H27N3O4. The molecule has 1 aromatic carbocycles. The minimum absolute atomic E-state index is 0.209. The van der Waals surface area contributed by atoms with Gasteiger partial charge < -0.3 is 24.4 Å². The van der Waals surface area contributed by atoms with Gasteiger partial charge in [-0.2, -0.15) is 4.98 Å². The Morgan fingerprint density at radius 2 is 1.88 bits per heavy atom. The van der Waals surface area contributed by atoms with Crippen LogP contribution in [0.3, 0.4) is 0 Å². The molecule has 1 unspecified atom stereocenters. The number of rotatable bonds is 8. The lowest BCUT2D eigenvalue weighted by atomic mass is 9.81. The van der Waals surface area contributed by atoms with E-state index in [0.29, 0.717) is 24.0 Å². The number of nitrogens with zero attached hydrogens (tertiary/aromatic N) is 2. The van der Waals surface area contributed by atoms with Crippen molar-refractivity contribution < 1.29 is 19.1 Å². The second-order valence-corrected chi connectivity index (χ2v) is 6.80. The Balaban J connectivity index is 1.54. The standard InChI is InChI=1S/C19H27N3O4/c1-14-21-18(22-26-14)19(10-4-3-5-11-19)20-12-15(23)13-25-17-8-6-16(24-2)7-9-17/h6-9,15,20,23H,3-5,10-13H2,1-2H3. The zero-order valence-corrected chi connectivity index (χ0v) is 15.4. The van der Waals surface area contributed by atoms with Gasteiger partial charge in [-0.15, -0.1) is 0 Å². The summed E-state index contributed by atoms with van der Waals surface area (Å²) < 4.78 is 16.0. The van der Waals surface area contributed by atoms with Crippen molar-refractivity contribution in [3.63, 3.8) is 0 Å². The molecule has 3 rings (SSSR count). The molecule has 0 aliphatic heterocycles. The molecule has 1 fully saturated rings. The third kappa shape index (κ3) is 4.53. The van der Waals surface area contributed by atoms with Crippen molar-refractivity contribution >= 4 is 0 Å². The van der Waals surface area contributed by atoms with Gasteiger partial charge in [0, 0.05) is 13.5 Å². The van der Waals surface area contributed by atoms with Crippen LogP contribution in [0.4, 0.5) is 0 Å². The van der Waals surface area contributed by atoms with E-state index in [0.717, 1.165) is 31.4 Å². The Morgan fingerprint density at radius 3 is 2.50 bits per heavy atom. The summed E-state index contributed by atoms with van der Waals surface area (Å²) in [6.45, 7) is 2.41. The van der Waals surface area contributed by atoms with E-state index in [9.17, 15) is 5.11 Å². The highest BCUT2D eigenvalue weighted by Crippen LogP contribution is 2.35. The SMILES string of the molecule is COc1ccc(OCC(O)CNC2(c3noc(C)n3)CCCCC2)cc1. The number of hydrogen-bond acceptors (Lipinski definition) is 7. The van der Waals surface area contributed by atoms with Gasteiger partial charge in [-0.05, 0) is 37.1 Å². The first-order valence-corrected chi connectivity index (χ1v) is 9.12. The van der Waals surface area contributed by atoms with Gasteiger partial charge in [-0.25, -0.2) is 0 Å². The van der Waals surface area contributed by atoms with Crippen molar-refractivity contribution in [1.29, 1.82) is 0 Å². The Morgan fingerprint density at radius 1 is 1.19 bits per heavy atom. The summed E-state index contributed by atoms with van der Waals surface area (Å²) in [7, 11) is 1.62. The van der Waals surface area contributed by atoms with E-state index in [-0.39, 0.29) is 12.1 Å². The minimum Gasteiger partial charge on any atom is -0.497 e. The fourth-order valence-corrected chi connectivity index (χ4v) is 3.36. The number of aromatic nitrogens is 2. The highest BCUT2D eigenvalue weighted by atomic mass is 16.5. The molecule has 1 saturated carbocycles. The van der Waals surface area contributed by atoms with Crippen LogP contribution in [-0.4, -0.2) is 41.6 Å². The molecular weight excluding hydrogens is 334 g/mol. The van der Waals surface area contributed by atoms with Crippen LogP contribution in [0.25, 0.3) is 0 Å². The topological polar surface area (TPSA) is 89.6 Å². The maximum absolute atomic E-state index is 10.3. The predicted molar refractivity (Wildman–Crippen MR) is 96.3 cm³/mol. The number of aliphatic hydroxyl groups is 1. The zero-order valence-electron chi connectivity index (χ0n) is 15.4. The second kappa shape index (κ2) is 8.51. The molecule has 26 heavy (non-hydrogen) atoms. The van der Waals surface area contributed by atoms with Crippen LogP contribution in [0.1, 0.15) is 43.8 Å². The van der Waals surface area contributed by atoms with E-state index < -0.39 is 6.10 Å². The van der Waals surface area contributed by atoms with Crippen molar-refractivity contribution in [3.8, 4) is 11.5 Å². The molecule has 2 aromatic rings. The number of aryl methyl sites for hydroxylation is 1. The maximum atomic E-state index is 10.3. The van der Waals surface area contributed by atoms with E-state index in [1.165, 1.54) is 6.42 Å². The van der Waals surface area contributed by atoms with Gasteiger partial charge in [0.15, 0.2) is 5.82 Å². The summed E-state index contributed by atoms with van der Waals surface area (Å²) in [5.74, 6) is 2.73. The lowest BCUT2D eigenvalue weighted by Gasteiger charge is -2.36. The molecule has 1 heterocycles. The van der Waals surface area contributed by atoms with Crippen molar-refractivity contribution in [1.82, 2.24) is 15.5 Å². The van der Waals surface area contributed by atoms with Crippen molar-refractivity contribution in [2.45, 2.75) is 50.7 Å². The molecule has 0 spiro atoms. The van der Waals surface area contributed by atoms with Crippen molar-refractivity contribution in [2.75, 3.05) is 20.3 Å². The number of aliphatic hydroxyl groups excluding tert-OH is 1. The van der Waals surface area contributed by atoms with Crippen LogP contribution in [0.5, 0.6) is 11.5 Å². The van der Waals surface area contributed by atoms with Gasteiger partial charge in [0.1, 0.15) is 24.2 Å². The van der Waals surface area contributed by atoms with Gasteiger partial charge in [0.05, 0.1) is 12.6 Å². The Bertz CT molecular complexity index is 680. The van der Waals surface area contributed by atoms with E-state index in [1.54, 1.807) is 14.0 Å². The van der Waals surface area contributed by atoms with Crippen LogP contribution in [0, 0.1) is 6.92 Å². The summed E-state index contributed by atoms with van der Waals surface area (Å²) in [5.41, 5.74) is -0.322. The summed E-state index contributed by atoms with van der Waals surface area (Å²) in [6, 6.07) is 7.30. The number of benzene rings is 1.